The summed E-state index contributed by atoms with van der Waals surface area (Å²) >= 11 is 0. The topological polar surface area (TPSA) is 179 Å². The molecule has 34 heavy (non-hydrogen) atoms. The van der Waals surface area contributed by atoms with Gasteiger partial charge in [-0.05, 0) is 49.8 Å². The largest absolute Gasteiger partial charge is 0.493 e. The Morgan fingerprint density at radius 2 is 1.79 bits per heavy atom. The van der Waals surface area contributed by atoms with E-state index in [1.54, 1.807) is 20.3 Å². The maximum Gasteiger partial charge on any atom is 0.475 e. The van der Waals surface area contributed by atoms with Gasteiger partial charge in [0.2, 0.25) is 11.8 Å². The highest BCUT2D eigenvalue weighted by Crippen LogP contribution is 2.39. The minimum atomic E-state index is -1.77. The molecule has 1 aliphatic rings. The van der Waals surface area contributed by atoms with Gasteiger partial charge < -0.3 is 41.2 Å². The van der Waals surface area contributed by atoms with Crippen LogP contribution < -0.4 is 31.2 Å². The van der Waals surface area contributed by atoms with E-state index in [0.29, 0.717) is 50.3 Å². The number of hydrogen-bond acceptors (Lipinski definition) is 7. The van der Waals surface area contributed by atoms with Crippen LogP contribution in [0, 0.1) is 10.8 Å². The highest BCUT2D eigenvalue weighted by Gasteiger charge is 2.48. The summed E-state index contributed by atoms with van der Waals surface area (Å²) in [5.41, 5.74) is 4.95. The van der Waals surface area contributed by atoms with Gasteiger partial charge in [-0.1, -0.05) is 18.9 Å². The van der Waals surface area contributed by atoms with Gasteiger partial charge in [0, 0.05) is 13.1 Å². The Labute approximate surface area is 200 Å². The monoisotopic (exact) mass is 477 g/mol. The third kappa shape index (κ3) is 7.26. The number of amides is 2. The minimum Gasteiger partial charge on any atom is -0.493 e. The van der Waals surface area contributed by atoms with Gasteiger partial charge in [0.25, 0.3) is 0 Å². The van der Waals surface area contributed by atoms with Gasteiger partial charge in [-0.25, -0.2) is 0 Å². The van der Waals surface area contributed by atoms with Crippen LogP contribution in [0.1, 0.15) is 44.1 Å². The number of carbonyl (C=O) groups excluding carboxylic acids is 2. The highest BCUT2D eigenvalue weighted by molar-refractivity contribution is 6.43. The molecule has 0 aliphatic heterocycles. The summed E-state index contributed by atoms with van der Waals surface area (Å²) in [6.07, 6.45) is 3.54. The SMILES string of the molecule is COc1ccc(CCNC(=O)C2(C(=O)NC(CCCNC(=N)N)B(O)O)CCCC2)cc1OC. The number of hydrogen-bond donors (Lipinski definition) is 7. The molecule has 188 valence electrons. The summed E-state index contributed by atoms with van der Waals surface area (Å²) in [5.74, 6) is -0.739. The smallest absolute Gasteiger partial charge is 0.475 e. The summed E-state index contributed by atoms with van der Waals surface area (Å²) in [5, 5.41) is 34.8. The molecule has 0 radical (unpaired) electrons. The Morgan fingerprint density at radius 3 is 2.38 bits per heavy atom. The van der Waals surface area contributed by atoms with Crippen molar-refractivity contribution in [3.63, 3.8) is 0 Å². The molecule has 11 nitrogen and oxygen atoms in total. The maximum atomic E-state index is 13.2. The molecule has 2 amide bonds. The second-order valence-electron chi connectivity index (χ2n) is 8.46. The molecule has 1 saturated carbocycles. The van der Waals surface area contributed by atoms with Crippen LogP contribution >= 0.6 is 0 Å². The van der Waals surface area contributed by atoms with Gasteiger partial charge in [-0.15, -0.1) is 0 Å². The van der Waals surface area contributed by atoms with Gasteiger partial charge in [0.1, 0.15) is 5.41 Å². The Bertz CT molecular complexity index is 847. The number of ether oxygens (including phenoxy) is 2. The molecule has 0 spiro atoms. The number of methoxy groups -OCH3 is 2. The molecular formula is C22H36BN5O6. The van der Waals surface area contributed by atoms with Crippen molar-refractivity contribution in [2.45, 2.75) is 50.9 Å². The van der Waals surface area contributed by atoms with E-state index in [-0.39, 0.29) is 18.3 Å². The van der Waals surface area contributed by atoms with Gasteiger partial charge in [-0.2, -0.15) is 0 Å². The second kappa shape index (κ2) is 13.0. The molecule has 1 aromatic carbocycles. The van der Waals surface area contributed by atoms with Crippen LogP contribution in [0.4, 0.5) is 0 Å². The molecule has 8 N–H and O–H groups in total. The zero-order chi connectivity index (χ0) is 25.1. The number of carbonyl (C=O) groups is 2. The Balaban J connectivity index is 1.97. The van der Waals surface area contributed by atoms with E-state index in [1.807, 2.05) is 12.1 Å². The molecule has 0 heterocycles. The van der Waals surface area contributed by atoms with E-state index in [2.05, 4.69) is 16.0 Å². The van der Waals surface area contributed by atoms with Crippen molar-refractivity contribution in [2.75, 3.05) is 27.3 Å². The molecule has 0 bridgehead atoms. The summed E-state index contributed by atoms with van der Waals surface area (Å²) in [7, 11) is 1.35. The quantitative estimate of drug-likeness (QED) is 0.0664. The molecule has 1 atom stereocenters. The fourth-order valence-corrected chi connectivity index (χ4v) is 4.21. The van der Waals surface area contributed by atoms with Gasteiger partial charge >= 0.3 is 7.12 Å². The van der Waals surface area contributed by atoms with E-state index in [0.717, 1.165) is 18.4 Å². The van der Waals surface area contributed by atoms with E-state index in [9.17, 15) is 19.6 Å². The van der Waals surface area contributed by atoms with E-state index < -0.39 is 24.4 Å². The Hall–Kier alpha value is -2.99. The molecule has 0 saturated heterocycles. The summed E-state index contributed by atoms with van der Waals surface area (Å²) < 4.78 is 10.5. The van der Waals surface area contributed by atoms with Crippen molar-refractivity contribution >= 4 is 24.9 Å². The predicted molar refractivity (Wildman–Crippen MR) is 128 cm³/mol. The number of nitrogens with two attached hydrogens (primary N) is 1. The summed E-state index contributed by atoms with van der Waals surface area (Å²) in [4.78, 5) is 26.3. The molecule has 2 rings (SSSR count). The number of rotatable bonds is 13. The van der Waals surface area contributed by atoms with Crippen LogP contribution in [0.3, 0.4) is 0 Å². The van der Waals surface area contributed by atoms with Gasteiger partial charge in [0.15, 0.2) is 17.5 Å². The van der Waals surface area contributed by atoms with Crippen LogP contribution in [0.25, 0.3) is 0 Å². The fourth-order valence-electron chi connectivity index (χ4n) is 4.21. The minimum absolute atomic E-state index is 0.181. The molecule has 1 aliphatic carbocycles. The first-order valence-electron chi connectivity index (χ1n) is 11.5. The Kier molecular flexibility index (Phi) is 10.5. The van der Waals surface area contributed by atoms with Crippen molar-refractivity contribution in [2.24, 2.45) is 11.1 Å². The second-order valence-corrected chi connectivity index (χ2v) is 8.46. The van der Waals surface area contributed by atoms with Crippen LogP contribution in [0.2, 0.25) is 0 Å². The molecule has 1 aromatic rings. The normalized spacial score (nSPS) is 15.2. The van der Waals surface area contributed by atoms with Crippen LogP contribution in [-0.4, -0.2) is 68.2 Å². The van der Waals surface area contributed by atoms with Crippen molar-refractivity contribution in [1.29, 1.82) is 5.41 Å². The lowest BCUT2D eigenvalue weighted by Gasteiger charge is -2.29. The molecular weight excluding hydrogens is 441 g/mol. The van der Waals surface area contributed by atoms with Gasteiger partial charge in [0.05, 0.1) is 20.2 Å². The van der Waals surface area contributed by atoms with Crippen LogP contribution in [-0.2, 0) is 16.0 Å². The van der Waals surface area contributed by atoms with Crippen molar-refractivity contribution in [1.82, 2.24) is 16.0 Å². The third-order valence-electron chi connectivity index (χ3n) is 6.16. The lowest BCUT2D eigenvalue weighted by molar-refractivity contribution is -0.143. The van der Waals surface area contributed by atoms with Crippen LogP contribution in [0.5, 0.6) is 11.5 Å². The average Bonchev–Trinajstić information content (AvgIpc) is 3.31. The number of guanidine groups is 1. The Morgan fingerprint density at radius 1 is 1.12 bits per heavy atom. The zero-order valence-electron chi connectivity index (χ0n) is 19.9. The average molecular weight is 477 g/mol. The number of benzene rings is 1. The fraction of sp³-hybridized carbons (Fsp3) is 0.591. The van der Waals surface area contributed by atoms with Crippen LogP contribution in [0.15, 0.2) is 18.2 Å². The first kappa shape index (κ1) is 27.3. The molecule has 1 unspecified atom stereocenters. The van der Waals surface area contributed by atoms with E-state index in [1.165, 1.54) is 0 Å². The van der Waals surface area contributed by atoms with Crippen molar-refractivity contribution < 1.29 is 29.1 Å². The summed E-state index contributed by atoms with van der Waals surface area (Å²) in [6.45, 7) is 0.697. The third-order valence-corrected chi connectivity index (χ3v) is 6.16. The zero-order valence-corrected chi connectivity index (χ0v) is 19.9. The molecule has 0 aromatic heterocycles. The van der Waals surface area contributed by atoms with Gasteiger partial charge in [-0.3, -0.25) is 15.0 Å². The van der Waals surface area contributed by atoms with Crippen molar-refractivity contribution in [3.05, 3.63) is 23.8 Å². The lowest BCUT2D eigenvalue weighted by atomic mass is 9.75. The maximum absolute atomic E-state index is 13.2. The number of nitrogens with one attached hydrogen (secondary N) is 4. The highest BCUT2D eigenvalue weighted by atomic mass is 16.5. The van der Waals surface area contributed by atoms with Crippen molar-refractivity contribution in [3.8, 4) is 11.5 Å². The summed E-state index contributed by atoms with van der Waals surface area (Å²) in [6, 6.07) is 5.53. The predicted octanol–water partition coefficient (Wildman–Crippen LogP) is -0.317. The standard InChI is InChI=1S/C22H36BN5O6/c1-33-16-8-7-15(14-17(16)34-2)9-13-26-19(29)22(10-3-4-11-22)20(30)28-18(23(31)32)6-5-12-27-21(24)25/h7-8,14,18,31-32H,3-6,9-13H2,1-2H3,(H,26,29)(H,28,30)(H4,24,25,27). The first-order valence-corrected chi connectivity index (χ1v) is 11.5. The molecule has 1 fully saturated rings. The lowest BCUT2D eigenvalue weighted by Crippen LogP contribution is -2.56. The van der Waals surface area contributed by atoms with E-state index in [4.69, 9.17) is 20.6 Å². The molecule has 12 heteroatoms. The van der Waals surface area contributed by atoms with E-state index >= 15 is 0 Å². The first-order chi connectivity index (χ1) is 16.2.